The molecule has 1 saturated heterocycles. The Bertz CT molecular complexity index is 449. The monoisotopic (exact) mass is 287 g/mol. The van der Waals surface area contributed by atoms with Gasteiger partial charge in [-0.2, -0.15) is 0 Å². The van der Waals surface area contributed by atoms with Crippen molar-refractivity contribution in [3.8, 4) is 0 Å². The predicted molar refractivity (Wildman–Crippen MR) is 88.7 cm³/mol. The fraction of sp³-hybridized carbons (Fsp3) is 0.632. The molecule has 1 aliphatic heterocycles. The van der Waals surface area contributed by atoms with E-state index in [1.807, 2.05) is 12.1 Å². The Morgan fingerprint density at radius 3 is 2.62 bits per heavy atom. The number of hydrogen-bond acceptors (Lipinski definition) is 2. The van der Waals surface area contributed by atoms with Crippen LogP contribution in [0, 0.1) is 11.8 Å². The Morgan fingerprint density at radius 1 is 1.29 bits per heavy atom. The van der Waals surface area contributed by atoms with Crippen LogP contribution in [0.15, 0.2) is 24.3 Å². The van der Waals surface area contributed by atoms with Gasteiger partial charge in [-0.05, 0) is 43.2 Å². The van der Waals surface area contributed by atoms with Gasteiger partial charge in [-0.3, -0.25) is 4.79 Å². The molecule has 1 fully saturated rings. The Kier molecular flexibility index (Phi) is 5.98. The zero-order valence-corrected chi connectivity index (χ0v) is 13.7. The van der Waals surface area contributed by atoms with Gasteiger partial charge < -0.3 is 5.32 Å². The average Bonchev–Trinajstić information content (AvgIpc) is 2.47. The number of ketones is 1. The van der Waals surface area contributed by atoms with Crippen LogP contribution < -0.4 is 5.32 Å². The molecule has 2 atom stereocenters. The van der Waals surface area contributed by atoms with Crippen LogP contribution in [0.4, 0.5) is 0 Å². The highest BCUT2D eigenvalue weighted by molar-refractivity contribution is 5.96. The summed E-state index contributed by atoms with van der Waals surface area (Å²) in [6, 6.07) is 8.58. The first-order chi connectivity index (χ1) is 10.1. The van der Waals surface area contributed by atoms with Gasteiger partial charge in [-0.15, -0.1) is 0 Å². The number of carbonyl (C=O) groups is 1. The number of piperidine rings is 1. The molecule has 1 aliphatic rings. The molecule has 0 saturated carbocycles. The molecular weight excluding hydrogens is 258 g/mol. The van der Waals surface area contributed by atoms with E-state index >= 15 is 0 Å². The molecule has 1 N–H and O–H groups in total. The molecule has 116 valence electrons. The van der Waals surface area contributed by atoms with E-state index in [1.54, 1.807) is 0 Å². The maximum Gasteiger partial charge on any atom is 0.164 e. The fourth-order valence-electron chi connectivity index (χ4n) is 3.26. The first kappa shape index (κ1) is 16.2. The number of Topliss-reactive ketones (excluding diaryl/α,β-unsaturated/α-hetero) is 1. The minimum atomic E-state index is 0.278. The van der Waals surface area contributed by atoms with E-state index in [2.05, 4.69) is 38.2 Å². The molecule has 0 amide bonds. The summed E-state index contributed by atoms with van der Waals surface area (Å²) < 4.78 is 0. The Hall–Kier alpha value is -1.15. The van der Waals surface area contributed by atoms with Crippen LogP contribution in [-0.4, -0.2) is 18.4 Å². The Balaban J connectivity index is 1.90. The highest BCUT2D eigenvalue weighted by Crippen LogP contribution is 2.22. The van der Waals surface area contributed by atoms with Gasteiger partial charge in [0.25, 0.3) is 0 Å². The maximum atomic E-state index is 12.4. The van der Waals surface area contributed by atoms with Crippen molar-refractivity contribution in [2.24, 2.45) is 11.8 Å². The lowest BCUT2D eigenvalue weighted by atomic mass is 9.87. The van der Waals surface area contributed by atoms with Crippen molar-refractivity contribution >= 4 is 5.78 Å². The van der Waals surface area contributed by atoms with E-state index in [0.717, 1.165) is 30.9 Å². The molecule has 0 aliphatic carbocycles. The van der Waals surface area contributed by atoms with E-state index in [4.69, 9.17) is 0 Å². The molecule has 1 aromatic rings. The SMILES string of the molecule is CCC1CCNC(CC(=O)c2ccc(CC(C)C)cc2)C1. The van der Waals surface area contributed by atoms with Crippen molar-refractivity contribution in [3.05, 3.63) is 35.4 Å². The quantitative estimate of drug-likeness (QED) is 0.793. The summed E-state index contributed by atoms with van der Waals surface area (Å²) in [6.45, 7) is 7.75. The standard InChI is InChI=1S/C19H29NO/c1-4-15-9-10-20-18(12-15)13-19(21)17-7-5-16(6-8-17)11-14(2)3/h5-8,14-15,18,20H,4,9-13H2,1-3H3. The zero-order chi connectivity index (χ0) is 15.2. The van der Waals surface area contributed by atoms with Crippen molar-refractivity contribution in [2.45, 2.75) is 58.9 Å². The molecule has 2 rings (SSSR count). The second-order valence-corrected chi connectivity index (χ2v) is 6.87. The third-order valence-electron chi connectivity index (χ3n) is 4.53. The highest BCUT2D eigenvalue weighted by Gasteiger charge is 2.22. The summed E-state index contributed by atoms with van der Waals surface area (Å²) in [5.41, 5.74) is 2.19. The van der Waals surface area contributed by atoms with Crippen LogP contribution >= 0.6 is 0 Å². The lowest BCUT2D eigenvalue weighted by Crippen LogP contribution is -2.39. The van der Waals surface area contributed by atoms with E-state index in [1.165, 1.54) is 18.4 Å². The second kappa shape index (κ2) is 7.74. The molecule has 0 bridgehead atoms. The first-order valence-corrected chi connectivity index (χ1v) is 8.44. The Labute approximate surface area is 129 Å². The van der Waals surface area contributed by atoms with Gasteiger partial charge in [0, 0.05) is 18.0 Å². The number of carbonyl (C=O) groups excluding carboxylic acids is 1. The molecule has 1 aromatic carbocycles. The number of benzene rings is 1. The predicted octanol–water partition coefficient (Wildman–Crippen LogP) is 4.24. The largest absolute Gasteiger partial charge is 0.314 e. The molecule has 0 aromatic heterocycles. The minimum absolute atomic E-state index is 0.278. The van der Waals surface area contributed by atoms with Crippen molar-refractivity contribution in [1.82, 2.24) is 5.32 Å². The van der Waals surface area contributed by atoms with Crippen molar-refractivity contribution in [1.29, 1.82) is 0 Å². The average molecular weight is 287 g/mol. The third kappa shape index (κ3) is 4.96. The van der Waals surface area contributed by atoms with Crippen LogP contribution in [0.5, 0.6) is 0 Å². The highest BCUT2D eigenvalue weighted by atomic mass is 16.1. The van der Waals surface area contributed by atoms with Gasteiger partial charge in [0.2, 0.25) is 0 Å². The summed E-state index contributed by atoms with van der Waals surface area (Å²) in [5, 5.41) is 3.50. The molecule has 0 spiro atoms. The van der Waals surface area contributed by atoms with Gasteiger partial charge in [-0.25, -0.2) is 0 Å². The van der Waals surface area contributed by atoms with E-state index in [0.29, 0.717) is 18.4 Å². The minimum Gasteiger partial charge on any atom is -0.314 e. The zero-order valence-electron chi connectivity index (χ0n) is 13.7. The summed E-state index contributed by atoms with van der Waals surface area (Å²) in [5.74, 6) is 1.72. The summed E-state index contributed by atoms with van der Waals surface area (Å²) in [7, 11) is 0. The normalized spacial score (nSPS) is 22.5. The Morgan fingerprint density at radius 2 is 2.00 bits per heavy atom. The van der Waals surface area contributed by atoms with Crippen LogP contribution in [0.1, 0.15) is 62.4 Å². The molecule has 2 nitrogen and oxygen atoms in total. The van der Waals surface area contributed by atoms with E-state index in [9.17, 15) is 4.79 Å². The fourth-order valence-corrected chi connectivity index (χ4v) is 3.26. The molecule has 2 heteroatoms. The lowest BCUT2D eigenvalue weighted by Gasteiger charge is -2.29. The van der Waals surface area contributed by atoms with Crippen LogP contribution in [-0.2, 0) is 6.42 Å². The van der Waals surface area contributed by atoms with Gasteiger partial charge in [0.1, 0.15) is 0 Å². The summed E-state index contributed by atoms with van der Waals surface area (Å²) >= 11 is 0. The smallest absolute Gasteiger partial charge is 0.164 e. The number of hydrogen-bond donors (Lipinski definition) is 1. The maximum absolute atomic E-state index is 12.4. The summed E-state index contributed by atoms with van der Waals surface area (Å²) in [4.78, 5) is 12.4. The van der Waals surface area contributed by atoms with Gasteiger partial charge >= 0.3 is 0 Å². The van der Waals surface area contributed by atoms with Crippen LogP contribution in [0.25, 0.3) is 0 Å². The van der Waals surface area contributed by atoms with E-state index in [-0.39, 0.29) is 5.78 Å². The van der Waals surface area contributed by atoms with Crippen molar-refractivity contribution in [2.75, 3.05) is 6.54 Å². The van der Waals surface area contributed by atoms with Gasteiger partial charge in [-0.1, -0.05) is 51.5 Å². The summed E-state index contributed by atoms with van der Waals surface area (Å²) in [6.07, 6.45) is 5.35. The van der Waals surface area contributed by atoms with Gasteiger partial charge in [0.05, 0.1) is 0 Å². The van der Waals surface area contributed by atoms with Gasteiger partial charge in [0.15, 0.2) is 5.78 Å². The third-order valence-corrected chi connectivity index (χ3v) is 4.53. The number of nitrogens with one attached hydrogen (secondary N) is 1. The molecular formula is C19H29NO. The topological polar surface area (TPSA) is 29.1 Å². The second-order valence-electron chi connectivity index (χ2n) is 6.87. The molecule has 2 unspecified atom stereocenters. The van der Waals surface area contributed by atoms with Crippen LogP contribution in [0.3, 0.4) is 0 Å². The van der Waals surface area contributed by atoms with Crippen molar-refractivity contribution < 1.29 is 4.79 Å². The molecule has 21 heavy (non-hydrogen) atoms. The van der Waals surface area contributed by atoms with Crippen LogP contribution in [0.2, 0.25) is 0 Å². The van der Waals surface area contributed by atoms with Crippen molar-refractivity contribution in [3.63, 3.8) is 0 Å². The lowest BCUT2D eigenvalue weighted by molar-refractivity contribution is 0.0957. The number of rotatable bonds is 6. The molecule has 1 heterocycles. The van der Waals surface area contributed by atoms with E-state index < -0.39 is 0 Å². The molecule has 0 radical (unpaired) electrons. The first-order valence-electron chi connectivity index (χ1n) is 8.44.